The number of benzene rings is 2. The van der Waals surface area contributed by atoms with Crippen molar-refractivity contribution in [3.05, 3.63) is 52.8 Å². The molecule has 2 aromatic carbocycles. The zero-order chi connectivity index (χ0) is 29.9. The maximum absolute atomic E-state index is 14.5. The average molecular weight is 603 g/mol. The maximum atomic E-state index is 14.5. The Balaban J connectivity index is 0.000000221. The molecule has 41 heavy (non-hydrogen) atoms. The van der Waals surface area contributed by atoms with Gasteiger partial charge in [0.05, 0.1) is 24.2 Å². The van der Waals surface area contributed by atoms with Crippen LogP contribution in [0, 0.1) is 23.6 Å². The van der Waals surface area contributed by atoms with Crippen molar-refractivity contribution >= 4 is 50.6 Å². The van der Waals surface area contributed by atoms with Crippen molar-refractivity contribution in [2.24, 2.45) is 10.4 Å². The van der Waals surface area contributed by atoms with Gasteiger partial charge in [-0.1, -0.05) is 19.8 Å². The summed E-state index contributed by atoms with van der Waals surface area (Å²) in [5.41, 5.74) is 6.51. The molecule has 0 spiro atoms. The van der Waals surface area contributed by atoms with Gasteiger partial charge in [0, 0.05) is 36.3 Å². The van der Waals surface area contributed by atoms with Gasteiger partial charge < -0.3 is 19.8 Å². The van der Waals surface area contributed by atoms with Gasteiger partial charge in [-0.3, -0.25) is 9.69 Å². The molecule has 0 bridgehead atoms. The molecule has 1 aromatic heterocycles. The smallest absolute Gasteiger partial charge is 0.420 e. The number of hydrogen-bond donors (Lipinski definition) is 2. The number of fused-ring (bicyclic) bond motifs is 2. The highest BCUT2D eigenvalue weighted by atomic mass is 32.2. The van der Waals surface area contributed by atoms with Gasteiger partial charge >= 0.3 is 6.09 Å². The molecule has 5 rings (SSSR count). The molecule has 3 aromatic rings. The Bertz CT molecular complexity index is 1710. The van der Waals surface area contributed by atoms with Crippen molar-refractivity contribution in [3.63, 3.8) is 0 Å². The number of carbonyl (C=O) groups excluding carboxylic acids is 2. The number of nitrogens with two attached hydrogens (primary N) is 1. The molecule has 0 unspecified atom stereocenters. The van der Waals surface area contributed by atoms with Crippen molar-refractivity contribution in [1.29, 1.82) is 0 Å². The first-order chi connectivity index (χ1) is 19.3. The molecule has 2 amide bonds. The van der Waals surface area contributed by atoms with E-state index in [1.54, 1.807) is 4.72 Å². The summed E-state index contributed by atoms with van der Waals surface area (Å²) in [4.78, 5) is 29.2. The second kappa shape index (κ2) is 11.6. The molecule has 2 aliphatic rings. The van der Waals surface area contributed by atoms with Crippen molar-refractivity contribution in [1.82, 2.24) is 13.7 Å². The van der Waals surface area contributed by atoms with Gasteiger partial charge in [0.15, 0.2) is 12.4 Å². The van der Waals surface area contributed by atoms with Crippen molar-refractivity contribution in [3.8, 4) is 18.1 Å². The molecular weight excluding hydrogens is 575 g/mol. The van der Waals surface area contributed by atoms with Crippen molar-refractivity contribution < 1.29 is 31.9 Å². The van der Waals surface area contributed by atoms with E-state index in [0.717, 1.165) is 25.9 Å². The zero-order valence-corrected chi connectivity index (χ0v) is 24.0. The van der Waals surface area contributed by atoms with E-state index in [2.05, 4.69) is 33.9 Å². The second-order valence-electron chi connectivity index (χ2n) is 9.83. The van der Waals surface area contributed by atoms with Crippen molar-refractivity contribution in [2.45, 2.75) is 31.7 Å². The quantitative estimate of drug-likeness (QED) is 0.341. The molecule has 0 saturated carbocycles. The highest BCUT2D eigenvalue weighted by molar-refractivity contribution is 7.90. The molecular formula is C26H27FN6O6S2. The van der Waals surface area contributed by atoms with Crippen LogP contribution in [0.3, 0.4) is 0 Å². The van der Waals surface area contributed by atoms with E-state index in [-0.39, 0.29) is 35.1 Å². The van der Waals surface area contributed by atoms with E-state index >= 15 is 0 Å². The summed E-state index contributed by atoms with van der Waals surface area (Å²) >= 11 is 1.24. The van der Waals surface area contributed by atoms with Crippen LogP contribution in [0.1, 0.15) is 19.7 Å². The van der Waals surface area contributed by atoms with E-state index in [1.165, 1.54) is 52.8 Å². The van der Waals surface area contributed by atoms with E-state index in [0.29, 0.717) is 21.9 Å². The first-order valence-electron chi connectivity index (χ1n) is 12.1. The predicted molar refractivity (Wildman–Crippen MR) is 149 cm³/mol. The first kappa shape index (κ1) is 29.6. The molecule has 3 N–H and O–H groups in total. The summed E-state index contributed by atoms with van der Waals surface area (Å²) < 4.78 is 55.1. The van der Waals surface area contributed by atoms with Crippen molar-refractivity contribution in [2.75, 3.05) is 30.9 Å². The van der Waals surface area contributed by atoms with Gasteiger partial charge in [0.25, 0.3) is 15.9 Å². The molecule has 216 valence electrons. The number of halogens is 1. The Morgan fingerprint density at radius 2 is 2.05 bits per heavy atom. The summed E-state index contributed by atoms with van der Waals surface area (Å²) in [5.74, 6) is 2.92. The summed E-state index contributed by atoms with van der Waals surface area (Å²) in [6.07, 6.45) is 5.18. The fourth-order valence-corrected chi connectivity index (χ4v) is 5.78. The van der Waals surface area contributed by atoms with Gasteiger partial charge in [-0.15, -0.1) is 6.42 Å². The molecule has 12 nitrogen and oxygen atoms in total. The Kier molecular flexibility index (Phi) is 8.36. The minimum atomic E-state index is -3.87. The average Bonchev–Trinajstić information content (AvgIpc) is 3.42. The zero-order valence-electron chi connectivity index (χ0n) is 22.4. The number of carbonyl (C=O) groups is 2. The third kappa shape index (κ3) is 6.67. The lowest BCUT2D eigenvalue weighted by Crippen LogP contribution is -2.39. The largest absolute Gasteiger partial charge is 0.481 e. The standard InChI is InChI=1S/C18H17FN4O2S.C8H10N2O4S/c1-4-5-22-13-7-12(11(19)6-14(13)25-9-16(22)24)20-17-23-10-18(2,3)8-15(23)21-26-17;1-14-8(11)10-15(12,13)7-4-2-6(9)3-5-7/h1,6-7H,5,8-10H2,2-3H3;2-5H,9H2,1H3,(H,10,11). The third-order valence-corrected chi connectivity index (χ3v) is 8.13. The SMILES string of the molecule is C#CCN1C(=O)COc2cc(F)c(N=c3snc4n3CC(C)(C)C4)cc21.COC(=O)NS(=O)(=O)c1ccc(N)cc1. The summed E-state index contributed by atoms with van der Waals surface area (Å²) in [7, 11) is -2.79. The topological polar surface area (TPSA) is 158 Å². The first-order valence-corrected chi connectivity index (χ1v) is 14.4. The molecule has 0 fully saturated rings. The van der Waals surface area contributed by atoms with Crippen LogP contribution in [0.25, 0.3) is 0 Å². The predicted octanol–water partition coefficient (Wildman–Crippen LogP) is 2.57. The number of anilines is 2. The van der Waals surface area contributed by atoms with E-state index in [1.807, 2.05) is 4.57 Å². The summed E-state index contributed by atoms with van der Waals surface area (Å²) in [5, 5.41) is 0. The number of methoxy groups -OCH3 is 1. The number of terminal acetylenes is 1. The van der Waals surface area contributed by atoms with E-state index in [9.17, 15) is 22.4 Å². The molecule has 2 aliphatic heterocycles. The van der Waals surface area contributed by atoms with Crippen LogP contribution in [0.5, 0.6) is 5.75 Å². The number of nitrogen functional groups attached to an aromatic ring is 1. The number of nitrogens with one attached hydrogen (secondary N) is 1. The molecule has 0 radical (unpaired) electrons. The van der Waals surface area contributed by atoms with E-state index < -0.39 is 21.9 Å². The van der Waals surface area contributed by atoms with Crippen LogP contribution in [-0.2, 0) is 32.5 Å². The lowest BCUT2D eigenvalue weighted by molar-refractivity contribution is -0.121. The van der Waals surface area contributed by atoms with Gasteiger partial charge in [-0.25, -0.2) is 27.3 Å². The van der Waals surface area contributed by atoms with Gasteiger partial charge in [-0.05, 0) is 35.7 Å². The monoisotopic (exact) mass is 602 g/mol. The molecule has 0 atom stereocenters. The third-order valence-electron chi connectivity index (χ3n) is 6.03. The van der Waals surface area contributed by atoms with Gasteiger partial charge in [0.1, 0.15) is 17.3 Å². The van der Waals surface area contributed by atoms with Crippen LogP contribution >= 0.6 is 11.5 Å². The van der Waals surface area contributed by atoms with Crippen LogP contribution in [0.4, 0.5) is 26.2 Å². The highest BCUT2D eigenvalue weighted by Crippen LogP contribution is 2.37. The van der Waals surface area contributed by atoms with Crippen LogP contribution in [0.15, 0.2) is 46.3 Å². The van der Waals surface area contributed by atoms with Gasteiger partial charge in [-0.2, -0.15) is 4.37 Å². The molecule has 15 heteroatoms. The van der Waals surface area contributed by atoms with Gasteiger partial charge in [0.2, 0.25) is 4.80 Å². The normalized spacial score (nSPS) is 15.5. The number of rotatable bonds is 4. The van der Waals surface area contributed by atoms with Crippen LogP contribution < -0.4 is 24.9 Å². The Morgan fingerprint density at radius 3 is 2.71 bits per heavy atom. The van der Waals surface area contributed by atoms with Crippen LogP contribution in [0.2, 0.25) is 0 Å². The Morgan fingerprint density at radius 1 is 1.34 bits per heavy atom. The molecule has 0 aliphatic carbocycles. The summed E-state index contributed by atoms with van der Waals surface area (Å²) in [6, 6.07) is 8.19. The lowest BCUT2D eigenvalue weighted by atomic mass is 9.92. The minimum absolute atomic E-state index is 0.0536. The maximum Gasteiger partial charge on any atom is 0.420 e. The number of nitrogens with zero attached hydrogens (tertiary/aromatic N) is 4. The highest BCUT2D eigenvalue weighted by Gasteiger charge is 2.31. The molecule has 0 saturated heterocycles. The summed E-state index contributed by atoms with van der Waals surface area (Å²) in [6.45, 7) is 5.05. The fourth-order valence-electron chi connectivity index (χ4n) is 4.10. The number of ether oxygens (including phenoxy) is 2. The number of aromatic nitrogens is 2. The number of sulfonamides is 1. The Hall–Kier alpha value is -4.42. The second-order valence-corrected chi connectivity index (χ2v) is 12.2. The Labute approximate surface area is 239 Å². The number of amides is 2. The fraction of sp³-hybridized carbons (Fsp3) is 0.308. The number of hydrogen-bond acceptors (Lipinski definition) is 10. The lowest BCUT2D eigenvalue weighted by Gasteiger charge is -2.28. The van der Waals surface area contributed by atoms with Crippen LogP contribution in [-0.4, -0.2) is 49.6 Å². The van der Waals surface area contributed by atoms with E-state index in [4.69, 9.17) is 16.9 Å². The molecule has 3 heterocycles. The minimum Gasteiger partial charge on any atom is -0.481 e.